The molecular formula is C18H31N5O9. The normalized spacial score (nSPS) is 15.6. The number of carbonyl (C=O) groups excluding carboxylic acids is 4. The minimum Gasteiger partial charge on any atom is -0.481 e. The molecule has 0 saturated carbocycles. The molecule has 0 aliphatic carbocycles. The molecule has 0 aliphatic rings. The van der Waals surface area contributed by atoms with Gasteiger partial charge in [0.15, 0.2) is 0 Å². The lowest BCUT2D eigenvalue weighted by molar-refractivity contribution is -0.147. The summed E-state index contributed by atoms with van der Waals surface area (Å²) in [5, 5.41) is 33.8. The van der Waals surface area contributed by atoms with Gasteiger partial charge in [0.05, 0.1) is 18.9 Å². The van der Waals surface area contributed by atoms with Gasteiger partial charge in [-0.05, 0) is 19.3 Å². The van der Waals surface area contributed by atoms with E-state index in [0.29, 0.717) is 0 Å². The minimum absolute atomic E-state index is 0.103. The number of hydrogen-bond acceptors (Lipinski definition) is 8. The van der Waals surface area contributed by atoms with Gasteiger partial charge in [-0.1, -0.05) is 13.8 Å². The van der Waals surface area contributed by atoms with Crippen molar-refractivity contribution in [3.8, 4) is 0 Å². The van der Waals surface area contributed by atoms with E-state index < -0.39 is 78.7 Å². The molecule has 0 radical (unpaired) electrons. The van der Waals surface area contributed by atoms with Gasteiger partial charge in [0.2, 0.25) is 23.6 Å². The average Bonchev–Trinajstić information content (AvgIpc) is 2.64. The zero-order chi connectivity index (χ0) is 25.2. The molecule has 14 heteroatoms. The van der Waals surface area contributed by atoms with E-state index in [1.54, 1.807) is 13.8 Å². The van der Waals surface area contributed by atoms with Gasteiger partial charge in [-0.25, -0.2) is 4.79 Å². The first-order valence-electron chi connectivity index (χ1n) is 9.73. The summed E-state index contributed by atoms with van der Waals surface area (Å²) in [4.78, 5) is 70.6. The number of carboxylic acids is 2. The summed E-state index contributed by atoms with van der Waals surface area (Å²) in [6.07, 6.45) is -2.76. The van der Waals surface area contributed by atoms with E-state index in [0.717, 1.165) is 0 Å². The molecule has 0 spiro atoms. The Hall–Kier alpha value is -3.26. The number of nitrogens with two attached hydrogens (primary N) is 2. The third-order valence-electron chi connectivity index (χ3n) is 4.19. The SMILES string of the molecule is CC(C)CC(NC(=O)C(N)C(C)O)C(=O)NC(CC(N)=O)C(=O)NC(CC(=O)O)C(=O)O. The van der Waals surface area contributed by atoms with E-state index >= 15 is 0 Å². The van der Waals surface area contributed by atoms with E-state index in [9.17, 15) is 33.9 Å². The Kier molecular flexibility index (Phi) is 11.9. The van der Waals surface area contributed by atoms with Crippen LogP contribution in [0.1, 0.15) is 40.0 Å². The number of amides is 4. The number of primary amides is 1. The Morgan fingerprint density at radius 2 is 1.25 bits per heavy atom. The summed E-state index contributed by atoms with van der Waals surface area (Å²) >= 11 is 0. The van der Waals surface area contributed by atoms with Gasteiger partial charge >= 0.3 is 11.9 Å². The molecule has 0 aromatic heterocycles. The van der Waals surface area contributed by atoms with Crippen LogP contribution in [0.3, 0.4) is 0 Å². The molecule has 5 atom stereocenters. The van der Waals surface area contributed by atoms with E-state index in [1.807, 2.05) is 5.32 Å². The second-order valence-electron chi connectivity index (χ2n) is 7.69. The topological polar surface area (TPSA) is 251 Å². The van der Waals surface area contributed by atoms with E-state index in [-0.39, 0.29) is 12.3 Å². The highest BCUT2D eigenvalue weighted by Gasteiger charge is 2.32. The molecular weight excluding hydrogens is 430 g/mol. The molecule has 0 rings (SSSR count). The fourth-order valence-corrected chi connectivity index (χ4v) is 2.52. The van der Waals surface area contributed by atoms with Crippen molar-refractivity contribution >= 4 is 35.6 Å². The number of carbonyl (C=O) groups is 6. The minimum atomic E-state index is -1.82. The highest BCUT2D eigenvalue weighted by molar-refractivity contribution is 5.96. The van der Waals surface area contributed by atoms with E-state index in [1.165, 1.54) is 6.92 Å². The lowest BCUT2D eigenvalue weighted by Crippen LogP contribution is -2.58. The summed E-state index contributed by atoms with van der Waals surface area (Å²) in [7, 11) is 0. The predicted molar refractivity (Wildman–Crippen MR) is 109 cm³/mol. The molecule has 0 aliphatic heterocycles. The third-order valence-corrected chi connectivity index (χ3v) is 4.19. The maximum Gasteiger partial charge on any atom is 0.326 e. The van der Waals surface area contributed by atoms with Crippen LogP contribution < -0.4 is 27.4 Å². The van der Waals surface area contributed by atoms with Crippen LogP contribution >= 0.6 is 0 Å². The molecule has 0 bridgehead atoms. The molecule has 0 aromatic carbocycles. The summed E-state index contributed by atoms with van der Waals surface area (Å²) < 4.78 is 0. The zero-order valence-corrected chi connectivity index (χ0v) is 18.0. The summed E-state index contributed by atoms with van der Waals surface area (Å²) in [6.45, 7) is 4.78. The first-order chi connectivity index (χ1) is 14.6. The van der Waals surface area contributed by atoms with Crippen LogP contribution in [0.25, 0.3) is 0 Å². The van der Waals surface area contributed by atoms with Crippen LogP contribution in [-0.4, -0.2) is 81.2 Å². The largest absolute Gasteiger partial charge is 0.481 e. The fourth-order valence-electron chi connectivity index (χ4n) is 2.52. The fraction of sp³-hybridized carbons (Fsp3) is 0.667. The monoisotopic (exact) mass is 461 g/mol. The van der Waals surface area contributed by atoms with Crippen LogP contribution in [-0.2, 0) is 28.8 Å². The Bertz CT molecular complexity index is 726. The van der Waals surface area contributed by atoms with E-state index in [4.69, 9.17) is 21.7 Å². The number of rotatable bonds is 14. The molecule has 0 heterocycles. The van der Waals surface area contributed by atoms with Crippen LogP contribution in [0.4, 0.5) is 0 Å². The number of nitrogens with one attached hydrogen (secondary N) is 3. The number of aliphatic hydroxyl groups excluding tert-OH is 1. The number of carboxylic acid groups (broad SMARTS) is 2. The van der Waals surface area contributed by atoms with Gasteiger partial charge in [-0.15, -0.1) is 0 Å². The standard InChI is InChI=1S/C18H31N5O9/c1-7(2)4-9(22-17(30)14(20)8(3)24)15(28)21-10(5-12(19)25)16(29)23-11(18(31)32)6-13(26)27/h7-11,14,24H,4-6,20H2,1-3H3,(H2,19,25)(H,21,28)(H,22,30)(H,23,29)(H,26,27)(H,31,32). The Labute approximate surface area is 184 Å². The summed E-state index contributed by atoms with van der Waals surface area (Å²) in [6, 6.07) is -5.98. The van der Waals surface area contributed by atoms with Crippen LogP contribution in [0, 0.1) is 5.92 Å². The average molecular weight is 461 g/mol. The lowest BCUT2D eigenvalue weighted by atomic mass is 10.0. The van der Waals surface area contributed by atoms with Gasteiger partial charge in [0.25, 0.3) is 0 Å². The quantitative estimate of drug-likeness (QED) is 0.127. The van der Waals surface area contributed by atoms with Gasteiger partial charge in [0, 0.05) is 0 Å². The molecule has 182 valence electrons. The van der Waals surface area contributed by atoms with Gasteiger partial charge < -0.3 is 42.7 Å². The highest BCUT2D eigenvalue weighted by atomic mass is 16.4. The van der Waals surface area contributed by atoms with Gasteiger partial charge in [0.1, 0.15) is 24.2 Å². The number of aliphatic carboxylic acids is 2. The first kappa shape index (κ1) is 28.7. The lowest BCUT2D eigenvalue weighted by Gasteiger charge is -2.25. The van der Waals surface area contributed by atoms with Crippen molar-refractivity contribution in [3.05, 3.63) is 0 Å². The summed E-state index contributed by atoms with van der Waals surface area (Å²) in [5.74, 6) is -7.12. The Morgan fingerprint density at radius 3 is 1.66 bits per heavy atom. The van der Waals surface area contributed by atoms with Crippen molar-refractivity contribution < 1.29 is 44.1 Å². The van der Waals surface area contributed by atoms with Crippen LogP contribution in [0.5, 0.6) is 0 Å². The van der Waals surface area contributed by atoms with Crippen molar-refractivity contribution in [2.45, 2.75) is 70.3 Å². The number of hydrogen-bond donors (Lipinski definition) is 8. The molecule has 0 fully saturated rings. The molecule has 4 amide bonds. The van der Waals surface area contributed by atoms with Crippen molar-refractivity contribution in [1.29, 1.82) is 0 Å². The van der Waals surface area contributed by atoms with Crippen molar-refractivity contribution in [2.75, 3.05) is 0 Å². The van der Waals surface area contributed by atoms with Crippen molar-refractivity contribution in [3.63, 3.8) is 0 Å². The molecule has 0 saturated heterocycles. The molecule has 5 unspecified atom stereocenters. The Morgan fingerprint density at radius 1 is 0.781 bits per heavy atom. The Balaban J connectivity index is 5.56. The maximum absolute atomic E-state index is 12.7. The molecule has 32 heavy (non-hydrogen) atoms. The summed E-state index contributed by atoms with van der Waals surface area (Å²) in [5.41, 5.74) is 10.6. The molecule has 0 aromatic rings. The maximum atomic E-state index is 12.7. The van der Waals surface area contributed by atoms with Crippen LogP contribution in [0.15, 0.2) is 0 Å². The van der Waals surface area contributed by atoms with Gasteiger partial charge in [-0.2, -0.15) is 0 Å². The molecule has 10 N–H and O–H groups in total. The van der Waals surface area contributed by atoms with Crippen molar-refractivity contribution in [1.82, 2.24) is 16.0 Å². The molecule has 14 nitrogen and oxygen atoms in total. The second kappa shape index (κ2) is 13.2. The third kappa shape index (κ3) is 10.7. The highest BCUT2D eigenvalue weighted by Crippen LogP contribution is 2.07. The zero-order valence-electron chi connectivity index (χ0n) is 18.0. The van der Waals surface area contributed by atoms with Crippen LogP contribution in [0.2, 0.25) is 0 Å². The smallest absolute Gasteiger partial charge is 0.326 e. The van der Waals surface area contributed by atoms with Crippen molar-refractivity contribution in [2.24, 2.45) is 17.4 Å². The van der Waals surface area contributed by atoms with E-state index in [2.05, 4.69) is 10.6 Å². The number of aliphatic hydroxyl groups is 1. The second-order valence-corrected chi connectivity index (χ2v) is 7.69. The predicted octanol–water partition coefficient (Wildman–Crippen LogP) is -3.37. The first-order valence-corrected chi connectivity index (χ1v) is 9.73. The van der Waals surface area contributed by atoms with Gasteiger partial charge in [-0.3, -0.25) is 24.0 Å².